The smallest absolute Gasteiger partial charge is 0.125 e. The summed E-state index contributed by atoms with van der Waals surface area (Å²) in [4.78, 5) is 4.49. The molecule has 3 N–H and O–H groups in total. The predicted octanol–water partition coefficient (Wildman–Crippen LogP) is 2.46. The Balaban J connectivity index is 1.65. The molecule has 6 heteroatoms. The Hall–Kier alpha value is -1.76. The molecule has 2 heterocycles. The Morgan fingerprint density at radius 2 is 2.17 bits per heavy atom. The molecule has 1 saturated heterocycles. The van der Waals surface area contributed by atoms with Gasteiger partial charge in [-0.05, 0) is 24.1 Å². The number of aryl methyl sites for hydroxylation is 1. The SMILES string of the molecule is CCCC(NCC1CNNC1c1ccc(F)cc1)c1nccn1C. The monoisotopic (exact) mass is 331 g/mol. The van der Waals surface area contributed by atoms with Gasteiger partial charge in [0.05, 0.1) is 12.1 Å². The van der Waals surface area contributed by atoms with Crippen LogP contribution in [0.2, 0.25) is 0 Å². The molecule has 0 bridgehead atoms. The van der Waals surface area contributed by atoms with Gasteiger partial charge in [0, 0.05) is 38.4 Å². The van der Waals surface area contributed by atoms with Crippen LogP contribution in [-0.4, -0.2) is 22.6 Å². The van der Waals surface area contributed by atoms with Gasteiger partial charge in [-0.2, -0.15) is 0 Å². The maximum atomic E-state index is 13.1. The van der Waals surface area contributed by atoms with Crippen molar-refractivity contribution in [3.63, 3.8) is 0 Å². The van der Waals surface area contributed by atoms with E-state index in [0.717, 1.165) is 37.3 Å². The van der Waals surface area contributed by atoms with E-state index >= 15 is 0 Å². The average Bonchev–Trinajstić information content (AvgIpc) is 3.21. The fraction of sp³-hybridized carbons (Fsp3) is 0.500. The van der Waals surface area contributed by atoms with Crippen LogP contribution in [0.3, 0.4) is 0 Å². The van der Waals surface area contributed by atoms with Gasteiger partial charge in [-0.1, -0.05) is 25.5 Å². The first-order chi connectivity index (χ1) is 11.7. The van der Waals surface area contributed by atoms with Crippen LogP contribution in [0.4, 0.5) is 4.39 Å². The van der Waals surface area contributed by atoms with Gasteiger partial charge in [-0.25, -0.2) is 14.8 Å². The van der Waals surface area contributed by atoms with E-state index in [1.807, 2.05) is 31.6 Å². The summed E-state index contributed by atoms with van der Waals surface area (Å²) in [5.41, 5.74) is 7.65. The minimum Gasteiger partial charge on any atom is -0.337 e. The van der Waals surface area contributed by atoms with E-state index in [-0.39, 0.29) is 17.9 Å². The van der Waals surface area contributed by atoms with Crippen LogP contribution in [-0.2, 0) is 7.05 Å². The van der Waals surface area contributed by atoms with Gasteiger partial charge in [-0.15, -0.1) is 0 Å². The first kappa shape index (κ1) is 17.1. The molecule has 1 aliphatic heterocycles. The third-order valence-electron chi connectivity index (χ3n) is 4.70. The normalized spacial score (nSPS) is 22.0. The summed E-state index contributed by atoms with van der Waals surface area (Å²) in [6.07, 6.45) is 5.99. The number of aromatic nitrogens is 2. The molecule has 130 valence electrons. The summed E-state index contributed by atoms with van der Waals surface area (Å²) < 4.78 is 15.2. The second-order valence-electron chi connectivity index (χ2n) is 6.46. The van der Waals surface area contributed by atoms with E-state index in [4.69, 9.17) is 0 Å². The number of imidazole rings is 1. The topological polar surface area (TPSA) is 53.9 Å². The van der Waals surface area contributed by atoms with Crippen molar-refractivity contribution in [2.24, 2.45) is 13.0 Å². The zero-order valence-electron chi connectivity index (χ0n) is 14.3. The Bertz CT molecular complexity index is 639. The van der Waals surface area contributed by atoms with Gasteiger partial charge >= 0.3 is 0 Å². The van der Waals surface area contributed by atoms with Crippen molar-refractivity contribution in [2.75, 3.05) is 13.1 Å². The van der Waals surface area contributed by atoms with Crippen LogP contribution in [0.25, 0.3) is 0 Å². The Morgan fingerprint density at radius 3 is 2.83 bits per heavy atom. The van der Waals surface area contributed by atoms with Gasteiger partial charge in [0.15, 0.2) is 0 Å². The standard InChI is InChI=1S/C18H26FN5/c1-3-4-16(18-20-9-10-24(18)2)21-11-14-12-22-23-17(14)13-5-7-15(19)8-6-13/h5-10,14,16-17,21-23H,3-4,11-12H2,1-2H3. The van der Waals surface area contributed by atoms with Crippen molar-refractivity contribution in [1.82, 2.24) is 25.7 Å². The molecule has 0 saturated carbocycles. The second kappa shape index (κ2) is 7.88. The van der Waals surface area contributed by atoms with Gasteiger partial charge in [0.2, 0.25) is 0 Å². The van der Waals surface area contributed by atoms with E-state index in [0.29, 0.717) is 5.92 Å². The summed E-state index contributed by atoms with van der Waals surface area (Å²) in [5, 5.41) is 3.68. The number of nitrogens with zero attached hydrogens (tertiary/aromatic N) is 2. The van der Waals surface area contributed by atoms with Crippen molar-refractivity contribution in [2.45, 2.75) is 31.8 Å². The highest BCUT2D eigenvalue weighted by Gasteiger charge is 2.29. The molecule has 3 rings (SSSR count). The number of hydrogen-bond donors (Lipinski definition) is 3. The van der Waals surface area contributed by atoms with E-state index in [9.17, 15) is 4.39 Å². The largest absolute Gasteiger partial charge is 0.337 e. The van der Waals surface area contributed by atoms with Crippen molar-refractivity contribution < 1.29 is 4.39 Å². The van der Waals surface area contributed by atoms with Gasteiger partial charge in [-0.3, -0.25) is 5.43 Å². The lowest BCUT2D eigenvalue weighted by Gasteiger charge is -2.23. The maximum Gasteiger partial charge on any atom is 0.125 e. The summed E-state index contributed by atoms with van der Waals surface area (Å²) in [5.74, 6) is 1.28. The summed E-state index contributed by atoms with van der Waals surface area (Å²) in [6, 6.07) is 7.19. The first-order valence-electron chi connectivity index (χ1n) is 8.63. The zero-order chi connectivity index (χ0) is 16.9. The molecule has 0 radical (unpaired) electrons. The number of benzene rings is 1. The van der Waals surface area contributed by atoms with Crippen molar-refractivity contribution >= 4 is 0 Å². The van der Waals surface area contributed by atoms with Crippen molar-refractivity contribution in [3.05, 3.63) is 53.9 Å². The number of hydrogen-bond acceptors (Lipinski definition) is 4. The van der Waals surface area contributed by atoms with Crippen molar-refractivity contribution in [1.29, 1.82) is 0 Å². The average molecular weight is 331 g/mol. The lowest BCUT2D eigenvalue weighted by molar-refractivity contribution is 0.384. The minimum absolute atomic E-state index is 0.182. The highest BCUT2D eigenvalue weighted by atomic mass is 19.1. The molecule has 5 nitrogen and oxygen atoms in total. The Labute approximate surface area is 142 Å². The molecule has 0 aliphatic carbocycles. The third-order valence-corrected chi connectivity index (χ3v) is 4.70. The maximum absolute atomic E-state index is 13.1. The highest BCUT2D eigenvalue weighted by Crippen LogP contribution is 2.26. The molecule has 24 heavy (non-hydrogen) atoms. The Kier molecular flexibility index (Phi) is 5.60. The fourth-order valence-electron chi connectivity index (χ4n) is 3.37. The molecule has 3 unspecified atom stereocenters. The number of halogens is 1. The van der Waals surface area contributed by atoms with E-state index in [1.54, 1.807) is 0 Å². The molecule has 1 aliphatic rings. The fourth-order valence-corrected chi connectivity index (χ4v) is 3.37. The van der Waals surface area contributed by atoms with Crippen LogP contribution < -0.4 is 16.2 Å². The molecule has 0 amide bonds. The third kappa shape index (κ3) is 3.83. The van der Waals surface area contributed by atoms with Crippen LogP contribution in [0, 0.1) is 11.7 Å². The van der Waals surface area contributed by atoms with Gasteiger partial charge < -0.3 is 9.88 Å². The molecular weight excluding hydrogens is 305 g/mol. The zero-order valence-corrected chi connectivity index (χ0v) is 14.3. The lowest BCUT2D eigenvalue weighted by Crippen LogP contribution is -2.32. The molecule has 0 spiro atoms. The summed E-state index contributed by atoms with van der Waals surface area (Å²) >= 11 is 0. The van der Waals surface area contributed by atoms with E-state index in [1.165, 1.54) is 12.1 Å². The van der Waals surface area contributed by atoms with Crippen LogP contribution in [0.5, 0.6) is 0 Å². The predicted molar refractivity (Wildman–Crippen MR) is 92.6 cm³/mol. The summed E-state index contributed by atoms with van der Waals surface area (Å²) in [7, 11) is 2.03. The number of hydrazine groups is 1. The molecule has 3 atom stereocenters. The molecule has 1 fully saturated rings. The Morgan fingerprint density at radius 1 is 1.38 bits per heavy atom. The van der Waals surface area contributed by atoms with Gasteiger partial charge in [0.25, 0.3) is 0 Å². The first-order valence-corrected chi connectivity index (χ1v) is 8.63. The van der Waals surface area contributed by atoms with Gasteiger partial charge in [0.1, 0.15) is 11.6 Å². The molecule has 1 aromatic carbocycles. The molecule has 1 aromatic heterocycles. The summed E-state index contributed by atoms with van der Waals surface area (Å²) in [6.45, 7) is 3.95. The van der Waals surface area contributed by atoms with Crippen LogP contribution >= 0.6 is 0 Å². The van der Waals surface area contributed by atoms with Crippen LogP contribution in [0.15, 0.2) is 36.7 Å². The number of nitrogens with one attached hydrogen (secondary N) is 3. The van der Waals surface area contributed by atoms with E-state index < -0.39 is 0 Å². The molecule has 2 aromatic rings. The highest BCUT2D eigenvalue weighted by molar-refractivity contribution is 5.21. The quantitative estimate of drug-likeness (QED) is 0.729. The second-order valence-corrected chi connectivity index (χ2v) is 6.46. The lowest BCUT2D eigenvalue weighted by atomic mass is 9.94. The molecular formula is C18H26FN5. The minimum atomic E-state index is -0.197. The number of rotatable bonds is 7. The van der Waals surface area contributed by atoms with Crippen molar-refractivity contribution in [3.8, 4) is 0 Å². The van der Waals surface area contributed by atoms with Crippen LogP contribution in [0.1, 0.15) is 43.2 Å². The van der Waals surface area contributed by atoms with E-state index in [2.05, 4.69) is 32.6 Å².